The molecule has 5 heteroatoms. The molecule has 5 nitrogen and oxygen atoms in total. The molecule has 0 N–H and O–H groups in total. The third kappa shape index (κ3) is 3.86. The molecule has 0 radical (unpaired) electrons. The van der Waals surface area contributed by atoms with Gasteiger partial charge in [0.15, 0.2) is 0 Å². The summed E-state index contributed by atoms with van der Waals surface area (Å²) >= 11 is 0. The number of hydrogen-bond acceptors (Lipinski definition) is 3. The van der Waals surface area contributed by atoms with Gasteiger partial charge in [0.2, 0.25) is 0 Å². The summed E-state index contributed by atoms with van der Waals surface area (Å²) in [6.45, 7) is 6.48. The number of aromatic nitrogens is 4. The number of fused-ring (bicyclic) bond motifs is 6. The van der Waals surface area contributed by atoms with Crippen molar-refractivity contribution in [1.29, 1.82) is 0 Å². The molecule has 0 saturated carbocycles. The molecule has 190 valence electrons. The molecular weight excluding hydrogens is 480 g/mol. The largest absolute Gasteiger partial charge is 0.457 e. The summed E-state index contributed by atoms with van der Waals surface area (Å²) < 4.78 is 10.6. The molecule has 0 amide bonds. The van der Waals surface area contributed by atoms with Crippen molar-refractivity contribution >= 4 is 27.3 Å². The van der Waals surface area contributed by atoms with E-state index in [4.69, 9.17) is 9.72 Å². The van der Waals surface area contributed by atoms with Gasteiger partial charge in [0, 0.05) is 47.5 Å². The fourth-order valence-electron chi connectivity index (χ4n) is 5.86. The lowest BCUT2D eigenvalue weighted by atomic mass is 9.98. The van der Waals surface area contributed by atoms with Crippen LogP contribution in [0.15, 0.2) is 97.5 Å². The quantitative estimate of drug-likeness (QED) is 0.224. The van der Waals surface area contributed by atoms with E-state index in [1.807, 2.05) is 48.1 Å². The minimum Gasteiger partial charge on any atom is -0.457 e. The van der Waals surface area contributed by atoms with Gasteiger partial charge in [-0.15, -0.1) is 0 Å². The number of benzene rings is 4. The predicted octanol–water partition coefficient (Wildman–Crippen LogP) is 8.43. The van der Waals surface area contributed by atoms with Crippen molar-refractivity contribution in [2.24, 2.45) is 7.05 Å². The zero-order chi connectivity index (χ0) is 26.7. The van der Waals surface area contributed by atoms with Crippen LogP contribution >= 0.6 is 0 Å². The fraction of sp³-hybridized carbons (Fsp3) is 0.118. The van der Waals surface area contributed by atoms with E-state index >= 15 is 0 Å². The number of imidazole rings is 2. The second-order valence-corrected chi connectivity index (χ2v) is 10.3. The number of ether oxygens (including phenoxy) is 1. The van der Waals surface area contributed by atoms with Crippen LogP contribution in [0, 0.1) is 20.8 Å². The van der Waals surface area contributed by atoms with E-state index in [1.165, 1.54) is 27.6 Å². The highest BCUT2D eigenvalue weighted by atomic mass is 16.5. The molecule has 39 heavy (non-hydrogen) atoms. The molecule has 0 aliphatic rings. The molecule has 0 aliphatic heterocycles. The van der Waals surface area contributed by atoms with Gasteiger partial charge in [-0.1, -0.05) is 48.0 Å². The number of pyridine rings is 1. The van der Waals surface area contributed by atoms with Gasteiger partial charge in [-0.3, -0.25) is 4.40 Å². The van der Waals surface area contributed by atoms with Crippen LogP contribution in [0.2, 0.25) is 0 Å². The van der Waals surface area contributed by atoms with Crippen LogP contribution in [0.1, 0.15) is 16.7 Å². The van der Waals surface area contributed by atoms with Crippen LogP contribution < -0.4 is 4.74 Å². The maximum atomic E-state index is 6.39. The number of nitrogens with zero attached hydrogens (tertiary/aromatic N) is 4. The number of para-hydroxylation sites is 1. The molecule has 3 aromatic heterocycles. The molecule has 0 atom stereocenters. The monoisotopic (exact) mass is 508 g/mol. The van der Waals surface area contributed by atoms with Crippen LogP contribution in [0.3, 0.4) is 0 Å². The summed E-state index contributed by atoms with van der Waals surface area (Å²) in [6, 6.07) is 27.3. The first kappa shape index (κ1) is 23.2. The normalized spacial score (nSPS) is 11.6. The average molecular weight is 509 g/mol. The number of rotatable bonds is 4. The molecule has 3 heterocycles. The Morgan fingerprint density at radius 3 is 2.33 bits per heavy atom. The molecule has 0 unspecified atom stereocenters. The summed E-state index contributed by atoms with van der Waals surface area (Å²) in [5, 5.41) is 3.39. The van der Waals surface area contributed by atoms with Crippen molar-refractivity contribution in [2.45, 2.75) is 20.8 Å². The molecule has 0 spiro atoms. The zero-order valence-corrected chi connectivity index (χ0v) is 22.4. The Kier molecular flexibility index (Phi) is 5.27. The summed E-state index contributed by atoms with van der Waals surface area (Å²) in [5.74, 6) is 2.43. The van der Waals surface area contributed by atoms with Crippen LogP contribution in [-0.4, -0.2) is 18.9 Å². The van der Waals surface area contributed by atoms with Gasteiger partial charge in [-0.25, -0.2) is 9.97 Å². The fourth-order valence-corrected chi connectivity index (χ4v) is 5.86. The van der Waals surface area contributed by atoms with E-state index in [1.54, 1.807) is 6.20 Å². The van der Waals surface area contributed by atoms with E-state index < -0.39 is 0 Å². The predicted molar refractivity (Wildman–Crippen MR) is 159 cm³/mol. The van der Waals surface area contributed by atoms with Crippen molar-refractivity contribution in [3.8, 4) is 34.1 Å². The standard InChI is InChI=1S/C34H28N4O/c1-21-16-22(2)32(23(3)17-21)30-20-38-31-11-6-5-10-28(31)27-13-12-26(19-29(27)34(38)36-30)39-25-9-7-8-24(18-25)33-35-14-15-37(33)4/h5-20H,1-4H3. The summed E-state index contributed by atoms with van der Waals surface area (Å²) in [4.78, 5) is 9.69. The number of aryl methyl sites for hydroxylation is 4. The van der Waals surface area contributed by atoms with Gasteiger partial charge < -0.3 is 9.30 Å². The Morgan fingerprint density at radius 1 is 0.744 bits per heavy atom. The lowest BCUT2D eigenvalue weighted by Gasteiger charge is -2.11. The molecule has 7 rings (SSSR count). The topological polar surface area (TPSA) is 44.4 Å². The van der Waals surface area contributed by atoms with Crippen LogP contribution in [-0.2, 0) is 7.05 Å². The summed E-state index contributed by atoms with van der Waals surface area (Å²) in [7, 11) is 1.99. The smallest absolute Gasteiger partial charge is 0.146 e. The second kappa shape index (κ2) is 8.84. The molecule has 4 aromatic carbocycles. The Balaban J connectivity index is 1.40. The van der Waals surface area contributed by atoms with E-state index in [-0.39, 0.29) is 0 Å². The Hall–Kier alpha value is -4.90. The van der Waals surface area contributed by atoms with Crippen LogP contribution in [0.5, 0.6) is 11.5 Å². The summed E-state index contributed by atoms with van der Waals surface area (Å²) in [5.41, 5.74) is 8.99. The molecule has 0 bridgehead atoms. The third-order valence-electron chi connectivity index (χ3n) is 7.47. The van der Waals surface area contributed by atoms with E-state index in [0.717, 1.165) is 50.5 Å². The van der Waals surface area contributed by atoms with E-state index in [0.29, 0.717) is 0 Å². The average Bonchev–Trinajstić information content (AvgIpc) is 3.55. The van der Waals surface area contributed by atoms with E-state index in [2.05, 4.69) is 84.9 Å². The van der Waals surface area contributed by atoms with E-state index in [9.17, 15) is 0 Å². The zero-order valence-electron chi connectivity index (χ0n) is 22.4. The first-order chi connectivity index (χ1) is 19.0. The van der Waals surface area contributed by atoms with Gasteiger partial charge in [0.05, 0.1) is 11.2 Å². The molecule has 0 fully saturated rings. The van der Waals surface area contributed by atoms with Crippen molar-refractivity contribution < 1.29 is 4.74 Å². The first-order valence-electron chi connectivity index (χ1n) is 13.1. The highest BCUT2D eigenvalue weighted by Crippen LogP contribution is 2.36. The third-order valence-corrected chi connectivity index (χ3v) is 7.47. The number of hydrogen-bond donors (Lipinski definition) is 0. The van der Waals surface area contributed by atoms with Crippen LogP contribution in [0.25, 0.3) is 50.0 Å². The lowest BCUT2D eigenvalue weighted by Crippen LogP contribution is -1.93. The molecule has 7 aromatic rings. The first-order valence-corrected chi connectivity index (χ1v) is 13.1. The lowest BCUT2D eigenvalue weighted by molar-refractivity contribution is 0.483. The Bertz CT molecular complexity index is 2020. The highest BCUT2D eigenvalue weighted by molar-refractivity contribution is 6.12. The highest BCUT2D eigenvalue weighted by Gasteiger charge is 2.16. The van der Waals surface area contributed by atoms with Crippen molar-refractivity contribution in [3.63, 3.8) is 0 Å². The Morgan fingerprint density at radius 2 is 1.54 bits per heavy atom. The van der Waals surface area contributed by atoms with Gasteiger partial charge >= 0.3 is 0 Å². The molecule has 0 saturated heterocycles. The second-order valence-electron chi connectivity index (χ2n) is 10.3. The Labute approximate surface area is 227 Å². The summed E-state index contributed by atoms with van der Waals surface area (Å²) in [6.07, 6.45) is 5.92. The van der Waals surface area contributed by atoms with Gasteiger partial charge in [-0.2, -0.15) is 0 Å². The SMILES string of the molecule is Cc1cc(C)c(-c2cn3c4ccccc4c4ccc(Oc5cccc(-c6nccn6C)c5)cc4c3n2)c(C)c1. The maximum absolute atomic E-state index is 6.39. The van der Waals surface area contributed by atoms with Gasteiger partial charge in [-0.05, 0) is 73.7 Å². The van der Waals surface area contributed by atoms with Crippen molar-refractivity contribution in [2.75, 3.05) is 0 Å². The molecular formula is C34H28N4O. The van der Waals surface area contributed by atoms with Crippen molar-refractivity contribution in [1.82, 2.24) is 18.9 Å². The van der Waals surface area contributed by atoms with Gasteiger partial charge in [0.1, 0.15) is 23.0 Å². The van der Waals surface area contributed by atoms with Crippen molar-refractivity contribution in [3.05, 3.63) is 114 Å². The van der Waals surface area contributed by atoms with Crippen LogP contribution in [0.4, 0.5) is 0 Å². The van der Waals surface area contributed by atoms with Gasteiger partial charge in [0.25, 0.3) is 0 Å². The molecule has 0 aliphatic carbocycles. The maximum Gasteiger partial charge on any atom is 0.146 e. The minimum absolute atomic E-state index is 0.765. The minimum atomic E-state index is 0.765.